The highest BCUT2D eigenvalue weighted by atomic mass is 16.5. The fourth-order valence-corrected chi connectivity index (χ4v) is 2.52. The van der Waals surface area contributed by atoms with Crippen molar-refractivity contribution >= 4 is 11.6 Å². The lowest BCUT2D eigenvalue weighted by Crippen LogP contribution is -2.19. The van der Waals surface area contributed by atoms with Crippen molar-refractivity contribution in [3.05, 3.63) is 65.9 Å². The molecule has 0 aliphatic carbocycles. The molecular weight excluding hydrogens is 344 g/mol. The van der Waals surface area contributed by atoms with Gasteiger partial charge in [0.05, 0.1) is 25.6 Å². The number of aromatic nitrogens is 2. The van der Waals surface area contributed by atoms with Crippen molar-refractivity contribution in [2.45, 2.75) is 6.92 Å². The molecule has 0 aliphatic heterocycles. The predicted molar refractivity (Wildman–Crippen MR) is 103 cm³/mol. The van der Waals surface area contributed by atoms with Gasteiger partial charge >= 0.3 is 0 Å². The van der Waals surface area contributed by atoms with Gasteiger partial charge in [0.1, 0.15) is 17.2 Å². The van der Waals surface area contributed by atoms with Gasteiger partial charge in [-0.2, -0.15) is 10.2 Å². The molecule has 2 aromatic carbocycles. The first-order chi connectivity index (χ1) is 13.1. The number of ether oxygens (including phenoxy) is 2. The molecule has 0 aliphatic rings. The molecule has 0 atom stereocenters. The van der Waals surface area contributed by atoms with Crippen LogP contribution in [0.5, 0.6) is 11.5 Å². The molecule has 138 valence electrons. The third-order valence-electron chi connectivity index (χ3n) is 4.04. The molecule has 0 bridgehead atoms. The number of aromatic amines is 1. The number of nitrogens with zero attached hydrogens (tertiary/aromatic N) is 2. The number of para-hydroxylation sites is 1. The van der Waals surface area contributed by atoms with Crippen LogP contribution in [-0.4, -0.2) is 36.0 Å². The van der Waals surface area contributed by atoms with Gasteiger partial charge < -0.3 is 9.47 Å². The van der Waals surface area contributed by atoms with Crippen LogP contribution >= 0.6 is 0 Å². The van der Waals surface area contributed by atoms with E-state index in [1.54, 1.807) is 20.3 Å². The highest BCUT2D eigenvalue weighted by Gasteiger charge is 2.13. The molecule has 3 aromatic rings. The minimum atomic E-state index is -0.378. The van der Waals surface area contributed by atoms with Crippen molar-refractivity contribution in [3.63, 3.8) is 0 Å². The number of carbonyl (C=O) groups excluding carboxylic acids is 1. The van der Waals surface area contributed by atoms with Crippen molar-refractivity contribution < 1.29 is 14.3 Å². The number of hydrogen-bond acceptors (Lipinski definition) is 5. The van der Waals surface area contributed by atoms with Crippen LogP contribution in [0.15, 0.2) is 59.7 Å². The van der Waals surface area contributed by atoms with E-state index in [4.69, 9.17) is 9.47 Å². The fraction of sp³-hybridized carbons (Fsp3) is 0.150. The van der Waals surface area contributed by atoms with E-state index < -0.39 is 0 Å². The number of hydrogen-bond donors (Lipinski definition) is 2. The Bertz CT molecular complexity index is 961. The maximum absolute atomic E-state index is 12.3. The number of carbonyl (C=O) groups is 1. The Hall–Kier alpha value is -3.61. The van der Waals surface area contributed by atoms with Gasteiger partial charge in [0, 0.05) is 5.56 Å². The van der Waals surface area contributed by atoms with Crippen molar-refractivity contribution in [1.82, 2.24) is 15.6 Å². The normalized spacial score (nSPS) is 11.1. The second-order valence-electron chi connectivity index (χ2n) is 5.73. The van der Waals surface area contributed by atoms with E-state index in [1.807, 2.05) is 55.5 Å². The highest BCUT2D eigenvalue weighted by molar-refractivity contribution is 6.00. The number of H-pyrrole nitrogens is 1. The van der Waals surface area contributed by atoms with Crippen LogP contribution in [0.2, 0.25) is 0 Å². The number of methoxy groups -OCH3 is 2. The molecule has 0 saturated carbocycles. The Morgan fingerprint density at radius 2 is 1.81 bits per heavy atom. The molecule has 0 saturated heterocycles. The molecule has 0 spiro atoms. The zero-order valence-corrected chi connectivity index (χ0v) is 15.3. The molecule has 0 radical (unpaired) electrons. The van der Waals surface area contributed by atoms with E-state index in [0.717, 1.165) is 16.9 Å². The zero-order chi connectivity index (χ0) is 19.2. The molecule has 1 amide bonds. The second-order valence-corrected chi connectivity index (χ2v) is 5.73. The maximum atomic E-state index is 12.3. The third kappa shape index (κ3) is 4.14. The standard InChI is InChI=1S/C20H20N4O3/c1-13(14-8-10-15(26-2)11-9-14)21-24-20(25)18-12-17(22-23-18)16-6-4-5-7-19(16)27-3/h4-12H,1-3H3,(H,22,23)(H,24,25)/b21-13-. The summed E-state index contributed by atoms with van der Waals surface area (Å²) < 4.78 is 10.5. The fourth-order valence-electron chi connectivity index (χ4n) is 2.52. The van der Waals surface area contributed by atoms with Gasteiger partial charge in [0.15, 0.2) is 0 Å². The lowest BCUT2D eigenvalue weighted by atomic mass is 10.1. The lowest BCUT2D eigenvalue weighted by molar-refractivity contribution is 0.0950. The van der Waals surface area contributed by atoms with Crippen LogP contribution in [0.25, 0.3) is 11.3 Å². The number of benzene rings is 2. The Morgan fingerprint density at radius 3 is 2.52 bits per heavy atom. The maximum Gasteiger partial charge on any atom is 0.289 e. The molecule has 3 rings (SSSR count). The van der Waals surface area contributed by atoms with Gasteiger partial charge in [0.25, 0.3) is 5.91 Å². The summed E-state index contributed by atoms with van der Waals surface area (Å²) in [5.74, 6) is 1.07. The summed E-state index contributed by atoms with van der Waals surface area (Å²) in [6, 6.07) is 16.6. The van der Waals surface area contributed by atoms with Crippen molar-refractivity contribution in [1.29, 1.82) is 0 Å². The van der Waals surface area contributed by atoms with E-state index in [0.29, 0.717) is 22.8 Å². The molecule has 0 unspecified atom stereocenters. The van der Waals surface area contributed by atoms with E-state index in [1.165, 1.54) is 0 Å². The van der Waals surface area contributed by atoms with Gasteiger partial charge in [-0.25, -0.2) is 5.43 Å². The first-order valence-electron chi connectivity index (χ1n) is 8.30. The van der Waals surface area contributed by atoms with Crippen LogP contribution in [0.4, 0.5) is 0 Å². The molecule has 1 aromatic heterocycles. The summed E-state index contributed by atoms with van der Waals surface area (Å²) >= 11 is 0. The molecule has 0 fully saturated rings. The molecule has 1 heterocycles. The molecular formula is C20H20N4O3. The van der Waals surface area contributed by atoms with E-state index in [-0.39, 0.29) is 5.91 Å². The Morgan fingerprint density at radius 1 is 1.07 bits per heavy atom. The number of rotatable bonds is 6. The summed E-state index contributed by atoms with van der Waals surface area (Å²) in [6.45, 7) is 1.81. The van der Waals surface area contributed by atoms with Crippen LogP contribution in [0.3, 0.4) is 0 Å². The first kappa shape index (κ1) is 18.2. The minimum Gasteiger partial charge on any atom is -0.497 e. The zero-order valence-electron chi connectivity index (χ0n) is 15.3. The number of nitrogens with one attached hydrogen (secondary N) is 2. The van der Waals surface area contributed by atoms with Gasteiger partial charge in [-0.05, 0) is 55.0 Å². The Balaban J connectivity index is 1.72. The van der Waals surface area contributed by atoms with Crippen molar-refractivity contribution in [2.24, 2.45) is 5.10 Å². The summed E-state index contributed by atoms with van der Waals surface area (Å²) in [6.07, 6.45) is 0. The third-order valence-corrected chi connectivity index (χ3v) is 4.04. The SMILES string of the molecule is COc1ccc(/C(C)=N\NC(=O)c2cc(-c3ccccc3OC)n[nH]2)cc1. The largest absolute Gasteiger partial charge is 0.497 e. The summed E-state index contributed by atoms with van der Waals surface area (Å²) in [7, 11) is 3.20. The topological polar surface area (TPSA) is 88.6 Å². The van der Waals surface area contributed by atoms with E-state index in [2.05, 4.69) is 20.7 Å². The summed E-state index contributed by atoms with van der Waals surface area (Å²) in [5.41, 5.74) is 5.82. The van der Waals surface area contributed by atoms with Crippen LogP contribution in [0, 0.1) is 0 Å². The molecule has 27 heavy (non-hydrogen) atoms. The molecule has 2 N–H and O–H groups in total. The van der Waals surface area contributed by atoms with E-state index in [9.17, 15) is 4.79 Å². The van der Waals surface area contributed by atoms with E-state index >= 15 is 0 Å². The highest BCUT2D eigenvalue weighted by Crippen LogP contribution is 2.28. The van der Waals surface area contributed by atoms with Crippen LogP contribution in [-0.2, 0) is 0 Å². The Labute approximate surface area is 157 Å². The average Bonchev–Trinajstić information content (AvgIpc) is 3.22. The lowest BCUT2D eigenvalue weighted by Gasteiger charge is -2.04. The van der Waals surface area contributed by atoms with Crippen molar-refractivity contribution in [3.8, 4) is 22.8 Å². The first-order valence-corrected chi connectivity index (χ1v) is 8.30. The summed E-state index contributed by atoms with van der Waals surface area (Å²) in [5, 5.41) is 11.1. The van der Waals surface area contributed by atoms with Gasteiger partial charge in [0.2, 0.25) is 0 Å². The van der Waals surface area contributed by atoms with Gasteiger partial charge in [-0.1, -0.05) is 12.1 Å². The average molecular weight is 364 g/mol. The Kier molecular flexibility index (Phi) is 5.51. The molecule has 7 nitrogen and oxygen atoms in total. The van der Waals surface area contributed by atoms with Crippen LogP contribution < -0.4 is 14.9 Å². The van der Waals surface area contributed by atoms with Crippen LogP contribution in [0.1, 0.15) is 23.0 Å². The van der Waals surface area contributed by atoms with Crippen molar-refractivity contribution in [2.75, 3.05) is 14.2 Å². The van der Waals surface area contributed by atoms with Gasteiger partial charge in [-0.3, -0.25) is 9.89 Å². The molecule has 7 heteroatoms. The second kappa shape index (κ2) is 8.18. The smallest absolute Gasteiger partial charge is 0.289 e. The summed E-state index contributed by atoms with van der Waals surface area (Å²) in [4.78, 5) is 12.3. The van der Waals surface area contributed by atoms with Gasteiger partial charge in [-0.15, -0.1) is 0 Å². The quantitative estimate of drug-likeness (QED) is 0.519. The minimum absolute atomic E-state index is 0.308. The monoisotopic (exact) mass is 364 g/mol. The number of hydrazone groups is 1. The number of amides is 1. The predicted octanol–water partition coefficient (Wildman–Crippen LogP) is 3.25.